The SMILES string of the molecule is CCc1nnc(N(CC2CC2)CC2CC2)c(C#N)c1CC. The van der Waals surface area contributed by atoms with Crippen molar-refractivity contribution in [3.05, 3.63) is 16.8 Å². The van der Waals surface area contributed by atoms with Gasteiger partial charge in [-0.3, -0.25) is 0 Å². The monoisotopic (exact) mass is 284 g/mol. The van der Waals surface area contributed by atoms with Crippen molar-refractivity contribution in [3.8, 4) is 6.07 Å². The molecule has 0 aliphatic heterocycles. The highest BCUT2D eigenvalue weighted by Gasteiger charge is 2.31. The summed E-state index contributed by atoms with van der Waals surface area (Å²) in [6, 6.07) is 2.41. The minimum atomic E-state index is 0.769. The number of hydrogen-bond donors (Lipinski definition) is 0. The Morgan fingerprint density at radius 1 is 1.05 bits per heavy atom. The fourth-order valence-corrected chi connectivity index (χ4v) is 2.97. The number of hydrogen-bond acceptors (Lipinski definition) is 4. The Morgan fingerprint density at radius 3 is 2.10 bits per heavy atom. The maximum atomic E-state index is 9.65. The van der Waals surface area contributed by atoms with Gasteiger partial charge in [0.15, 0.2) is 5.82 Å². The highest BCUT2D eigenvalue weighted by atomic mass is 15.3. The van der Waals surface area contributed by atoms with E-state index in [-0.39, 0.29) is 0 Å². The molecule has 2 fully saturated rings. The second-order valence-corrected chi connectivity index (χ2v) is 6.43. The van der Waals surface area contributed by atoms with E-state index in [1.165, 1.54) is 25.7 Å². The summed E-state index contributed by atoms with van der Waals surface area (Å²) in [5.41, 5.74) is 2.85. The van der Waals surface area contributed by atoms with Gasteiger partial charge in [-0.2, -0.15) is 10.4 Å². The lowest BCUT2D eigenvalue weighted by atomic mass is 10.0. The van der Waals surface area contributed by atoms with E-state index in [4.69, 9.17) is 0 Å². The lowest BCUT2D eigenvalue weighted by molar-refractivity contribution is 0.662. The van der Waals surface area contributed by atoms with E-state index in [0.717, 1.165) is 60.4 Å². The second-order valence-electron chi connectivity index (χ2n) is 6.43. The third-order valence-corrected chi connectivity index (χ3v) is 4.59. The molecule has 2 aliphatic carbocycles. The van der Waals surface area contributed by atoms with Gasteiger partial charge in [-0.1, -0.05) is 13.8 Å². The van der Waals surface area contributed by atoms with Crippen molar-refractivity contribution in [3.63, 3.8) is 0 Å². The molecular weight excluding hydrogens is 260 g/mol. The number of aromatic nitrogens is 2. The first kappa shape index (κ1) is 14.3. The van der Waals surface area contributed by atoms with Crippen molar-refractivity contribution in [2.45, 2.75) is 52.4 Å². The molecule has 1 heterocycles. The first-order chi connectivity index (χ1) is 10.3. The van der Waals surface area contributed by atoms with Crippen LogP contribution >= 0.6 is 0 Å². The predicted octanol–water partition coefficient (Wildman–Crippen LogP) is 3.10. The van der Waals surface area contributed by atoms with Crippen molar-refractivity contribution < 1.29 is 0 Å². The highest BCUT2D eigenvalue weighted by molar-refractivity contribution is 5.58. The molecule has 112 valence electrons. The van der Waals surface area contributed by atoms with Crippen LogP contribution in [0.15, 0.2) is 0 Å². The Labute approximate surface area is 127 Å². The standard InChI is InChI=1S/C17H24N4/c1-3-14-15(9-18)17(20-19-16(14)4-2)21(10-12-5-6-12)11-13-7-8-13/h12-13H,3-8,10-11H2,1-2H3. The van der Waals surface area contributed by atoms with Crippen LogP contribution in [0, 0.1) is 23.2 Å². The molecule has 0 saturated heterocycles. The van der Waals surface area contributed by atoms with Crippen molar-refractivity contribution in [1.29, 1.82) is 5.26 Å². The van der Waals surface area contributed by atoms with Crippen LogP contribution in [0.3, 0.4) is 0 Å². The molecule has 0 atom stereocenters. The predicted molar refractivity (Wildman–Crippen MR) is 83.2 cm³/mol. The largest absolute Gasteiger partial charge is 0.353 e. The van der Waals surface area contributed by atoms with Crippen LogP contribution in [0.1, 0.15) is 56.4 Å². The number of nitriles is 1. The van der Waals surface area contributed by atoms with E-state index in [0.29, 0.717) is 0 Å². The molecule has 1 aromatic heterocycles. The molecule has 0 amide bonds. The minimum absolute atomic E-state index is 0.769. The highest BCUT2D eigenvalue weighted by Crippen LogP contribution is 2.36. The molecule has 2 saturated carbocycles. The summed E-state index contributed by atoms with van der Waals surface area (Å²) in [5.74, 6) is 2.44. The Morgan fingerprint density at radius 2 is 1.67 bits per heavy atom. The molecule has 2 aliphatic rings. The molecule has 0 N–H and O–H groups in total. The molecule has 4 nitrogen and oxygen atoms in total. The van der Waals surface area contributed by atoms with Gasteiger partial charge in [-0.25, -0.2) is 0 Å². The molecule has 0 aromatic carbocycles. The van der Waals surface area contributed by atoms with E-state index < -0.39 is 0 Å². The molecule has 0 radical (unpaired) electrons. The smallest absolute Gasteiger partial charge is 0.169 e. The molecular formula is C17H24N4. The topological polar surface area (TPSA) is 52.8 Å². The van der Waals surface area contributed by atoms with Gasteiger partial charge in [0.25, 0.3) is 0 Å². The molecule has 3 rings (SSSR count). The van der Waals surface area contributed by atoms with Gasteiger partial charge in [-0.05, 0) is 55.9 Å². The number of nitrogens with zero attached hydrogens (tertiary/aromatic N) is 4. The number of anilines is 1. The third-order valence-electron chi connectivity index (χ3n) is 4.59. The average molecular weight is 284 g/mol. The van der Waals surface area contributed by atoms with E-state index in [9.17, 15) is 5.26 Å². The van der Waals surface area contributed by atoms with Crippen molar-refractivity contribution >= 4 is 5.82 Å². The fraction of sp³-hybridized carbons (Fsp3) is 0.706. The zero-order valence-electron chi connectivity index (χ0n) is 13.1. The van der Waals surface area contributed by atoms with E-state index in [1.807, 2.05) is 0 Å². The Kier molecular flexibility index (Phi) is 4.10. The lowest BCUT2D eigenvalue weighted by Crippen LogP contribution is -2.30. The zero-order chi connectivity index (χ0) is 14.8. The van der Waals surface area contributed by atoms with Crippen LogP contribution in [0.4, 0.5) is 5.82 Å². The lowest BCUT2D eigenvalue weighted by Gasteiger charge is -2.25. The number of rotatable bonds is 7. The van der Waals surface area contributed by atoms with E-state index in [1.54, 1.807) is 0 Å². The van der Waals surface area contributed by atoms with Crippen LogP contribution in [0.5, 0.6) is 0 Å². The number of aryl methyl sites for hydroxylation is 1. The quantitative estimate of drug-likeness (QED) is 0.772. The summed E-state index contributed by atoms with van der Waals surface area (Å²) in [6.45, 7) is 6.28. The van der Waals surface area contributed by atoms with Crippen LogP contribution in [0.2, 0.25) is 0 Å². The molecule has 21 heavy (non-hydrogen) atoms. The van der Waals surface area contributed by atoms with Crippen LogP contribution in [-0.2, 0) is 12.8 Å². The fourth-order valence-electron chi connectivity index (χ4n) is 2.97. The van der Waals surface area contributed by atoms with Gasteiger partial charge in [0, 0.05) is 13.1 Å². The first-order valence-electron chi connectivity index (χ1n) is 8.30. The van der Waals surface area contributed by atoms with Gasteiger partial charge < -0.3 is 4.90 Å². The molecule has 0 unspecified atom stereocenters. The van der Waals surface area contributed by atoms with Gasteiger partial charge in [-0.15, -0.1) is 5.10 Å². The summed E-state index contributed by atoms with van der Waals surface area (Å²) >= 11 is 0. The summed E-state index contributed by atoms with van der Waals surface area (Å²) in [4.78, 5) is 2.35. The van der Waals surface area contributed by atoms with Crippen molar-refractivity contribution in [1.82, 2.24) is 10.2 Å². The third kappa shape index (κ3) is 3.18. The van der Waals surface area contributed by atoms with Crippen molar-refractivity contribution in [2.75, 3.05) is 18.0 Å². The summed E-state index contributed by atoms with van der Waals surface area (Å²) < 4.78 is 0. The van der Waals surface area contributed by atoms with Gasteiger partial charge in [0.05, 0.1) is 5.69 Å². The Bertz CT molecular complexity index is 539. The summed E-state index contributed by atoms with van der Waals surface area (Å²) in [5, 5.41) is 18.5. The summed E-state index contributed by atoms with van der Waals surface area (Å²) in [7, 11) is 0. The average Bonchev–Trinajstić information content (AvgIpc) is 3.40. The molecule has 0 bridgehead atoms. The Balaban J connectivity index is 1.94. The maximum absolute atomic E-state index is 9.65. The summed E-state index contributed by atoms with van der Waals surface area (Å²) in [6.07, 6.45) is 6.99. The molecule has 0 spiro atoms. The van der Waals surface area contributed by atoms with Crippen LogP contribution < -0.4 is 4.90 Å². The van der Waals surface area contributed by atoms with Crippen LogP contribution in [0.25, 0.3) is 0 Å². The zero-order valence-corrected chi connectivity index (χ0v) is 13.1. The first-order valence-corrected chi connectivity index (χ1v) is 8.30. The van der Waals surface area contributed by atoms with Crippen molar-refractivity contribution in [2.24, 2.45) is 11.8 Å². The molecule has 1 aromatic rings. The van der Waals surface area contributed by atoms with Gasteiger partial charge in [0.2, 0.25) is 0 Å². The van der Waals surface area contributed by atoms with Gasteiger partial charge >= 0.3 is 0 Å². The van der Waals surface area contributed by atoms with E-state index >= 15 is 0 Å². The minimum Gasteiger partial charge on any atom is -0.353 e. The maximum Gasteiger partial charge on any atom is 0.169 e. The molecule has 4 heteroatoms. The Hall–Kier alpha value is -1.63. The van der Waals surface area contributed by atoms with Gasteiger partial charge in [0.1, 0.15) is 11.6 Å². The second kappa shape index (κ2) is 6.01. The van der Waals surface area contributed by atoms with E-state index in [2.05, 4.69) is 35.0 Å². The normalized spacial score (nSPS) is 17.6. The van der Waals surface area contributed by atoms with Crippen LogP contribution in [-0.4, -0.2) is 23.3 Å².